The van der Waals surface area contributed by atoms with Crippen molar-refractivity contribution < 1.29 is 9.26 Å². The van der Waals surface area contributed by atoms with Gasteiger partial charge in [-0.1, -0.05) is 42.9 Å². The van der Waals surface area contributed by atoms with Crippen molar-refractivity contribution >= 4 is 22.8 Å². The fraction of sp³-hybridized carbons (Fsp3) is 0.471. The van der Waals surface area contributed by atoms with E-state index in [1.54, 1.807) is 18.9 Å². The molecule has 0 aliphatic heterocycles. The number of rotatable bonds is 7. The van der Waals surface area contributed by atoms with E-state index in [0.29, 0.717) is 12.5 Å². The van der Waals surface area contributed by atoms with Gasteiger partial charge >= 0.3 is 0 Å². The summed E-state index contributed by atoms with van der Waals surface area (Å²) in [6.07, 6.45) is 0. The summed E-state index contributed by atoms with van der Waals surface area (Å²) in [6, 6.07) is 8.13. The van der Waals surface area contributed by atoms with E-state index in [-0.39, 0.29) is 11.2 Å². The van der Waals surface area contributed by atoms with Gasteiger partial charge in [0.15, 0.2) is 11.0 Å². The standard InChI is InChI=1S/C17H22N4O2S/c1-11(2)15-19-16(23-20-15)12(3)24-17-18-13-7-5-6-8-14(13)21(17)9-10-22-4/h5-8,11-12H,9-10H2,1-4H3. The minimum absolute atomic E-state index is 0.0307. The fourth-order valence-corrected chi connectivity index (χ4v) is 3.38. The minimum atomic E-state index is 0.0307. The number of thioether (sulfide) groups is 1. The first kappa shape index (κ1) is 17.0. The molecule has 0 saturated carbocycles. The second kappa shape index (κ2) is 7.36. The zero-order valence-electron chi connectivity index (χ0n) is 14.4. The number of nitrogens with zero attached hydrogens (tertiary/aromatic N) is 4. The Morgan fingerprint density at radius 1 is 1.21 bits per heavy atom. The highest BCUT2D eigenvalue weighted by Crippen LogP contribution is 2.35. The Kier molecular flexibility index (Phi) is 5.20. The van der Waals surface area contributed by atoms with Crippen molar-refractivity contribution in [2.45, 2.75) is 43.6 Å². The Hall–Kier alpha value is -1.86. The number of aromatic nitrogens is 4. The molecule has 2 heterocycles. The minimum Gasteiger partial charge on any atom is -0.383 e. The molecule has 24 heavy (non-hydrogen) atoms. The molecule has 0 radical (unpaired) electrons. The zero-order chi connectivity index (χ0) is 17.1. The van der Waals surface area contributed by atoms with Gasteiger partial charge in [-0.05, 0) is 19.1 Å². The van der Waals surface area contributed by atoms with Crippen molar-refractivity contribution in [3.8, 4) is 0 Å². The number of fused-ring (bicyclic) bond motifs is 1. The highest BCUT2D eigenvalue weighted by Gasteiger charge is 2.20. The van der Waals surface area contributed by atoms with Crippen molar-refractivity contribution in [3.05, 3.63) is 36.0 Å². The van der Waals surface area contributed by atoms with E-state index in [1.807, 2.05) is 18.2 Å². The number of hydrogen-bond donors (Lipinski definition) is 0. The van der Waals surface area contributed by atoms with Gasteiger partial charge < -0.3 is 13.8 Å². The SMILES string of the molecule is COCCn1c(SC(C)c2nc(C(C)C)no2)nc2ccccc21. The van der Waals surface area contributed by atoms with Crippen LogP contribution in [-0.2, 0) is 11.3 Å². The molecule has 0 spiro atoms. The van der Waals surface area contributed by atoms with E-state index < -0.39 is 0 Å². The predicted molar refractivity (Wildman–Crippen MR) is 94.3 cm³/mol. The smallest absolute Gasteiger partial charge is 0.239 e. The normalized spacial score (nSPS) is 13.0. The summed E-state index contributed by atoms with van der Waals surface area (Å²) in [5.74, 6) is 1.63. The molecule has 3 rings (SSSR count). The fourth-order valence-electron chi connectivity index (χ4n) is 2.40. The van der Waals surface area contributed by atoms with Gasteiger partial charge in [0, 0.05) is 19.6 Å². The molecule has 0 N–H and O–H groups in total. The molecule has 1 aromatic carbocycles. The van der Waals surface area contributed by atoms with E-state index in [2.05, 4.69) is 41.5 Å². The van der Waals surface area contributed by atoms with Gasteiger partial charge in [-0.2, -0.15) is 4.98 Å². The van der Waals surface area contributed by atoms with Crippen LogP contribution in [0.15, 0.2) is 33.9 Å². The van der Waals surface area contributed by atoms with E-state index in [1.165, 1.54) is 0 Å². The third-order valence-electron chi connectivity index (χ3n) is 3.74. The zero-order valence-corrected chi connectivity index (χ0v) is 15.2. The number of imidazole rings is 1. The monoisotopic (exact) mass is 346 g/mol. The topological polar surface area (TPSA) is 66.0 Å². The molecule has 7 heteroatoms. The Labute approximate surface area is 145 Å². The van der Waals surface area contributed by atoms with E-state index in [9.17, 15) is 0 Å². The van der Waals surface area contributed by atoms with Crippen LogP contribution in [0.2, 0.25) is 0 Å². The van der Waals surface area contributed by atoms with Crippen LogP contribution >= 0.6 is 11.8 Å². The third-order valence-corrected chi connectivity index (χ3v) is 4.82. The van der Waals surface area contributed by atoms with Gasteiger partial charge in [0.1, 0.15) is 0 Å². The van der Waals surface area contributed by atoms with Gasteiger partial charge in [-0.25, -0.2) is 4.98 Å². The third kappa shape index (κ3) is 3.47. The van der Waals surface area contributed by atoms with Crippen LogP contribution in [0.1, 0.15) is 43.7 Å². The molecule has 1 unspecified atom stereocenters. The molecule has 0 aliphatic carbocycles. The number of methoxy groups -OCH3 is 1. The predicted octanol–water partition coefficient (Wildman–Crippen LogP) is 4.04. The maximum atomic E-state index is 5.41. The summed E-state index contributed by atoms with van der Waals surface area (Å²) in [4.78, 5) is 9.24. The lowest BCUT2D eigenvalue weighted by atomic mass is 10.2. The molecular formula is C17H22N4O2S. The van der Waals surface area contributed by atoms with E-state index in [4.69, 9.17) is 14.2 Å². The lowest BCUT2D eigenvalue weighted by Gasteiger charge is -2.10. The molecular weight excluding hydrogens is 324 g/mol. The van der Waals surface area contributed by atoms with Crippen molar-refractivity contribution in [1.82, 2.24) is 19.7 Å². The first-order valence-corrected chi connectivity index (χ1v) is 8.92. The number of hydrogen-bond acceptors (Lipinski definition) is 6. The van der Waals surface area contributed by atoms with Gasteiger partial charge in [-0.15, -0.1) is 0 Å². The number of para-hydroxylation sites is 2. The Morgan fingerprint density at radius 3 is 2.71 bits per heavy atom. The Bertz CT molecular complexity index is 812. The van der Waals surface area contributed by atoms with Gasteiger partial charge in [0.05, 0.1) is 22.9 Å². The second-order valence-corrected chi connectivity index (χ2v) is 7.24. The van der Waals surface area contributed by atoms with Crippen LogP contribution in [-0.4, -0.2) is 33.4 Å². The number of benzene rings is 1. The van der Waals surface area contributed by atoms with E-state index in [0.717, 1.165) is 28.6 Å². The summed E-state index contributed by atoms with van der Waals surface area (Å²) in [5.41, 5.74) is 2.09. The molecule has 2 aromatic heterocycles. The average molecular weight is 346 g/mol. The quantitative estimate of drug-likeness (QED) is 0.602. The first-order chi connectivity index (χ1) is 11.6. The van der Waals surface area contributed by atoms with E-state index >= 15 is 0 Å². The van der Waals surface area contributed by atoms with Gasteiger partial charge in [0.25, 0.3) is 0 Å². The van der Waals surface area contributed by atoms with Crippen LogP contribution < -0.4 is 0 Å². The lowest BCUT2D eigenvalue weighted by molar-refractivity contribution is 0.186. The van der Waals surface area contributed by atoms with Crippen molar-refractivity contribution in [3.63, 3.8) is 0 Å². The highest BCUT2D eigenvalue weighted by molar-refractivity contribution is 7.99. The average Bonchev–Trinajstić information content (AvgIpc) is 3.18. The summed E-state index contributed by atoms with van der Waals surface area (Å²) >= 11 is 1.62. The van der Waals surface area contributed by atoms with Crippen LogP contribution in [0, 0.1) is 0 Å². The molecule has 0 bridgehead atoms. The van der Waals surface area contributed by atoms with Crippen molar-refractivity contribution in [2.75, 3.05) is 13.7 Å². The van der Waals surface area contributed by atoms with Crippen LogP contribution in [0.5, 0.6) is 0 Å². The largest absolute Gasteiger partial charge is 0.383 e. The summed E-state index contributed by atoms with van der Waals surface area (Å²) in [6.45, 7) is 7.56. The summed E-state index contributed by atoms with van der Waals surface area (Å²) in [5, 5.41) is 5.01. The van der Waals surface area contributed by atoms with Crippen molar-refractivity contribution in [1.29, 1.82) is 0 Å². The molecule has 3 aromatic rings. The Balaban J connectivity index is 1.87. The molecule has 1 atom stereocenters. The van der Waals surface area contributed by atoms with Gasteiger partial charge in [-0.3, -0.25) is 0 Å². The Morgan fingerprint density at radius 2 is 2.00 bits per heavy atom. The highest BCUT2D eigenvalue weighted by atomic mass is 32.2. The van der Waals surface area contributed by atoms with Crippen LogP contribution in [0.4, 0.5) is 0 Å². The maximum Gasteiger partial charge on any atom is 0.239 e. The van der Waals surface area contributed by atoms with Crippen LogP contribution in [0.25, 0.3) is 11.0 Å². The first-order valence-electron chi connectivity index (χ1n) is 8.04. The summed E-state index contributed by atoms with van der Waals surface area (Å²) in [7, 11) is 1.71. The second-order valence-electron chi connectivity index (χ2n) is 5.93. The molecule has 0 saturated heterocycles. The van der Waals surface area contributed by atoms with Crippen molar-refractivity contribution in [2.24, 2.45) is 0 Å². The summed E-state index contributed by atoms with van der Waals surface area (Å²) < 4.78 is 12.8. The maximum absolute atomic E-state index is 5.41. The van der Waals surface area contributed by atoms with Crippen LogP contribution in [0.3, 0.4) is 0 Å². The molecule has 6 nitrogen and oxygen atoms in total. The number of ether oxygens (including phenoxy) is 1. The van der Waals surface area contributed by atoms with Gasteiger partial charge in [0.2, 0.25) is 5.89 Å². The molecule has 0 aliphatic rings. The molecule has 128 valence electrons. The molecule has 0 amide bonds. The molecule has 0 fully saturated rings. The lowest BCUT2D eigenvalue weighted by Crippen LogP contribution is -2.06.